The van der Waals surface area contributed by atoms with E-state index in [1.807, 2.05) is 18.3 Å². The molecule has 0 unspecified atom stereocenters. The smallest absolute Gasteiger partial charge is 0.115 e. The van der Waals surface area contributed by atoms with Crippen molar-refractivity contribution >= 4 is 23.1 Å². The molecule has 1 aromatic heterocycles. The molecule has 0 amide bonds. The molecule has 0 bridgehead atoms. The minimum absolute atomic E-state index is 0.556. The van der Waals surface area contributed by atoms with Crippen LogP contribution in [0.4, 0.5) is 0 Å². The Labute approximate surface area is 92.0 Å². The second-order valence-corrected chi connectivity index (χ2v) is 5.23. The fourth-order valence-corrected chi connectivity index (χ4v) is 1.92. The van der Waals surface area contributed by atoms with Gasteiger partial charge in [-0.2, -0.15) is 0 Å². The van der Waals surface area contributed by atoms with Crippen LogP contribution in [0.25, 0.3) is 0 Å². The van der Waals surface area contributed by atoms with Crippen LogP contribution >= 0.6 is 11.8 Å². The van der Waals surface area contributed by atoms with Crippen LogP contribution in [0.3, 0.4) is 0 Å². The van der Waals surface area contributed by atoms with E-state index in [-0.39, 0.29) is 0 Å². The van der Waals surface area contributed by atoms with Crippen LogP contribution in [0.15, 0.2) is 23.2 Å². The lowest BCUT2D eigenvalue weighted by atomic mass is 10.4. The van der Waals surface area contributed by atoms with Crippen molar-refractivity contribution in [2.45, 2.75) is 18.4 Å². The second-order valence-electron chi connectivity index (χ2n) is 2.69. The SMILES string of the molecule is CCSc1ccc(CN[S@@+](C)[O-])nc1. The summed E-state index contributed by atoms with van der Waals surface area (Å²) in [5, 5.41) is 0. The molecule has 1 atom stereocenters. The number of nitrogens with zero attached hydrogens (tertiary/aromatic N) is 1. The maximum Gasteiger partial charge on any atom is 0.115 e. The zero-order chi connectivity index (χ0) is 10.4. The molecule has 78 valence electrons. The monoisotopic (exact) mass is 230 g/mol. The fourth-order valence-electron chi connectivity index (χ4n) is 0.943. The number of hydrogen-bond acceptors (Lipinski definition) is 4. The molecule has 3 nitrogen and oxygen atoms in total. The third kappa shape index (κ3) is 4.32. The highest BCUT2D eigenvalue weighted by molar-refractivity contribution is 7.99. The summed E-state index contributed by atoms with van der Waals surface area (Å²) in [4.78, 5) is 5.43. The van der Waals surface area contributed by atoms with Gasteiger partial charge >= 0.3 is 0 Å². The Bertz CT molecular complexity index is 264. The van der Waals surface area contributed by atoms with Crippen molar-refractivity contribution < 1.29 is 4.55 Å². The lowest BCUT2D eigenvalue weighted by Gasteiger charge is -2.05. The summed E-state index contributed by atoms with van der Waals surface area (Å²) < 4.78 is 13.6. The molecule has 0 fully saturated rings. The van der Waals surface area contributed by atoms with E-state index in [1.54, 1.807) is 18.0 Å². The van der Waals surface area contributed by atoms with E-state index in [1.165, 1.54) is 4.90 Å². The van der Waals surface area contributed by atoms with Crippen molar-refractivity contribution in [3.8, 4) is 0 Å². The summed E-state index contributed by atoms with van der Waals surface area (Å²) in [5.41, 5.74) is 0.917. The minimum Gasteiger partial charge on any atom is -0.598 e. The predicted molar refractivity (Wildman–Crippen MR) is 61.5 cm³/mol. The van der Waals surface area contributed by atoms with Gasteiger partial charge in [0.1, 0.15) is 6.26 Å². The number of nitrogens with one attached hydrogen (secondary N) is 1. The first kappa shape index (κ1) is 11.8. The van der Waals surface area contributed by atoms with Gasteiger partial charge in [0.2, 0.25) is 0 Å². The van der Waals surface area contributed by atoms with Gasteiger partial charge in [-0.15, -0.1) is 16.5 Å². The normalized spacial score (nSPS) is 12.8. The number of thioether (sulfide) groups is 1. The van der Waals surface area contributed by atoms with Crippen molar-refractivity contribution in [2.75, 3.05) is 12.0 Å². The summed E-state index contributed by atoms with van der Waals surface area (Å²) in [6, 6.07) is 3.99. The Morgan fingerprint density at radius 1 is 1.57 bits per heavy atom. The molecule has 0 radical (unpaired) electrons. The van der Waals surface area contributed by atoms with Crippen LogP contribution in [-0.2, 0) is 17.9 Å². The average molecular weight is 230 g/mol. The van der Waals surface area contributed by atoms with Crippen molar-refractivity contribution in [3.05, 3.63) is 24.0 Å². The molecule has 14 heavy (non-hydrogen) atoms. The van der Waals surface area contributed by atoms with E-state index in [0.717, 1.165) is 11.4 Å². The van der Waals surface area contributed by atoms with E-state index in [9.17, 15) is 4.55 Å². The maximum absolute atomic E-state index is 10.8. The Hall–Kier alpha value is -0.230. The van der Waals surface area contributed by atoms with Crippen molar-refractivity contribution in [1.29, 1.82) is 0 Å². The highest BCUT2D eigenvalue weighted by Crippen LogP contribution is 2.15. The van der Waals surface area contributed by atoms with Gasteiger partial charge < -0.3 is 4.55 Å². The van der Waals surface area contributed by atoms with Crippen LogP contribution in [0.1, 0.15) is 12.6 Å². The van der Waals surface area contributed by atoms with Crippen LogP contribution in [0, 0.1) is 0 Å². The lowest BCUT2D eigenvalue weighted by molar-refractivity contribution is 0.585. The first-order valence-electron chi connectivity index (χ1n) is 4.37. The van der Waals surface area contributed by atoms with Crippen LogP contribution in [0.5, 0.6) is 0 Å². The molecule has 5 heteroatoms. The molecule has 1 aromatic rings. The predicted octanol–water partition coefficient (Wildman–Crippen LogP) is 1.58. The van der Waals surface area contributed by atoms with Crippen LogP contribution in [0.2, 0.25) is 0 Å². The standard InChI is InChI=1S/C9H14N2OS2/c1-3-13-9-5-4-8(10-7-9)6-11-14(2)12/h4-5,7,11H,3,6H2,1-2H3/t14-/m1/s1. The topological polar surface area (TPSA) is 48.0 Å². The largest absolute Gasteiger partial charge is 0.598 e. The molecule has 0 aliphatic rings. The Morgan fingerprint density at radius 3 is 2.86 bits per heavy atom. The molecule has 0 saturated carbocycles. The molecular formula is C9H14N2OS2. The summed E-state index contributed by atoms with van der Waals surface area (Å²) in [5.74, 6) is 1.05. The fraction of sp³-hybridized carbons (Fsp3) is 0.444. The number of aromatic nitrogens is 1. The van der Waals surface area contributed by atoms with Crippen molar-refractivity contribution in [1.82, 2.24) is 9.71 Å². The van der Waals surface area contributed by atoms with E-state index < -0.39 is 11.4 Å². The van der Waals surface area contributed by atoms with Gasteiger partial charge in [-0.05, 0) is 17.9 Å². The molecule has 0 aromatic carbocycles. The molecular weight excluding hydrogens is 216 g/mol. The number of pyridine rings is 1. The minimum atomic E-state index is -0.970. The van der Waals surface area contributed by atoms with Gasteiger partial charge in [-0.1, -0.05) is 6.92 Å². The summed E-state index contributed by atoms with van der Waals surface area (Å²) in [6.45, 7) is 2.67. The zero-order valence-corrected chi connectivity index (χ0v) is 9.95. The zero-order valence-electron chi connectivity index (χ0n) is 8.32. The van der Waals surface area contributed by atoms with Gasteiger partial charge in [-0.25, -0.2) is 0 Å². The molecule has 0 saturated heterocycles. The molecule has 1 N–H and O–H groups in total. The van der Waals surface area contributed by atoms with Gasteiger partial charge in [0.05, 0.1) is 12.2 Å². The molecule has 1 rings (SSSR count). The summed E-state index contributed by atoms with van der Waals surface area (Å²) in [7, 11) is 0. The van der Waals surface area contributed by atoms with Gasteiger partial charge in [-0.3, -0.25) is 4.98 Å². The van der Waals surface area contributed by atoms with Crippen LogP contribution in [-0.4, -0.2) is 21.5 Å². The molecule has 0 spiro atoms. The summed E-state index contributed by atoms with van der Waals surface area (Å²) in [6.07, 6.45) is 3.46. The van der Waals surface area contributed by atoms with E-state index in [2.05, 4.69) is 16.6 Å². The van der Waals surface area contributed by atoms with Crippen molar-refractivity contribution in [2.24, 2.45) is 0 Å². The average Bonchev–Trinajstić information content (AvgIpc) is 2.17. The van der Waals surface area contributed by atoms with Gasteiger partial charge in [0.25, 0.3) is 0 Å². The molecule has 0 aliphatic carbocycles. The van der Waals surface area contributed by atoms with Crippen LogP contribution < -0.4 is 4.72 Å². The Kier molecular flexibility index (Phi) is 5.32. The summed E-state index contributed by atoms with van der Waals surface area (Å²) >= 11 is 0.795. The van der Waals surface area contributed by atoms with E-state index in [0.29, 0.717) is 6.54 Å². The van der Waals surface area contributed by atoms with E-state index >= 15 is 0 Å². The third-order valence-corrected chi connectivity index (χ3v) is 2.98. The Balaban J connectivity index is 2.46. The Morgan fingerprint density at radius 2 is 2.36 bits per heavy atom. The maximum atomic E-state index is 10.8. The molecule has 1 heterocycles. The first-order chi connectivity index (χ1) is 6.72. The number of rotatable bonds is 5. The van der Waals surface area contributed by atoms with E-state index in [4.69, 9.17) is 0 Å². The highest BCUT2D eigenvalue weighted by atomic mass is 32.2. The molecule has 0 aliphatic heterocycles. The van der Waals surface area contributed by atoms with Gasteiger partial charge in [0, 0.05) is 22.5 Å². The second kappa shape index (κ2) is 6.29. The quantitative estimate of drug-likeness (QED) is 0.616. The third-order valence-electron chi connectivity index (χ3n) is 1.57. The highest BCUT2D eigenvalue weighted by Gasteiger charge is 1.99. The lowest BCUT2D eigenvalue weighted by Crippen LogP contribution is -2.21. The van der Waals surface area contributed by atoms with Gasteiger partial charge in [0.15, 0.2) is 0 Å². The number of hydrogen-bond donors (Lipinski definition) is 1. The first-order valence-corrected chi connectivity index (χ1v) is 6.91. The van der Waals surface area contributed by atoms with Crippen molar-refractivity contribution in [3.63, 3.8) is 0 Å².